The van der Waals surface area contributed by atoms with Crippen molar-refractivity contribution in [2.75, 3.05) is 0 Å². The molecule has 126 valence electrons. The van der Waals surface area contributed by atoms with E-state index in [1.807, 2.05) is 0 Å². The SMILES string of the molecule is OC12CC3CC(C1)CC(NCc1ccccc1C(F)(F)F)(C3)C2. The number of aliphatic hydroxyl groups is 1. The van der Waals surface area contributed by atoms with Gasteiger partial charge in [0.2, 0.25) is 0 Å². The zero-order valence-corrected chi connectivity index (χ0v) is 13.0. The molecule has 4 aliphatic rings. The first-order valence-corrected chi connectivity index (χ1v) is 8.40. The van der Waals surface area contributed by atoms with Crippen LogP contribution in [0, 0.1) is 11.8 Å². The molecule has 0 aliphatic heterocycles. The summed E-state index contributed by atoms with van der Waals surface area (Å²) < 4.78 is 39.4. The fourth-order valence-electron chi connectivity index (χ4n) is 5.65. The van der Waals surface area contributed by atoms with Crippen molar-refractivity contribution in [3.63, 3.8) is 0 Å². The van der Waals surface area contributed by atoms with Crippen LogP contribution in [0.1, 0.15) is 49.7 Å². The molecule has 0 aromatic heterocycles. The molecule has 23 heavy (non-hydrogen) atoms. The molecule has 1 aromatic carbocycles. The molecule has 0 radical (unpaired) electrons. The van der Waals surface area contributed by atoms with Crippen LogP contribution in [0.2, 0.25) is 0 Å². The minimum absolute atomic E-state index is 0.183. The van der Waals surface area contributed by atoms with Gasteiger partial charge in [0.25, 0.3) is 0 Å². The molecule has 4 aliphatic carbocycles. The Morgan fingerprint density at radius 1 is 1.09 bits per heavy atom. The van der Waals surface area contributed by atoms with E-state index >= 15 is 0 Å². The highest BCUT2D eigenvalue weighted by atomic mass is 19.4. The van der Waals surface area contributed by atoms with E-state index in [4.69, 9.17) is 0 Å². The number of hydrogen-bond acceptors (Lipinski definition) is 2. The van der Waals surface area contributed by atoms with Gasteiger partial charge in [0, 0.05) is 12.1 Å². The van der Waals surface area contributed by atoms with Crippen molar-refractivity contribution in [1.29, 1.82) is 0 Å². The van der Waals surface area contributed by atoms with Crippen molar-refractivity contribution in [2.45, 2.75) is 62.4 Å². The Balaban J connectivity index is 1.54. The van der Waals surface area contributed by atoms with Crippen LogP contribution in [0.3, 0.4) is 0 Å². The first-order chi connectivity index (χ1) is 10.8. The van der Waals surface area contributed by atoms with Crippen LogP contribution in [0.15, 0.2) is 24.3 Å². The van der Waals surface area contributed by atoms with Crippen molar-refractivity contribution in [3.05, 3.63) is 35.4 Å². The lowest BCUT2D eigenvalue weighted by atomic mass is 9.51. The monoisotopic (exact) mass is 325 g/mol. The quantitative estimate of drug-likeness (QED) is 0.884. The lowest BCUT2D eigenvalue weighted by Crippen LogP contribution is -2.64. The summed E-state index contributed by atoms with van der Waals surface area (Å²) in [5.41, 5.74) is -1.04. The number of hydrogen-bond donors (Lipinski definition) is 2. The minimum atomic E-state index is -4.32. The van der Waals surface area contributed by atoms with Gasteiger partial charge in [0.15, 0.2) is 0 Å². The Hall–Kier alpha value is -1.07. The van der Waals surface area contributed by atoms with Crippen LogP contribution >= 0.6 is 0 Å². The molecule has 2 N–H and O–H groups in total. The van der Waals surface area contributed by atoms with E-state index in [1.165, 1.54) is 12.5 Å². The van der Waals surface area contributed by atoms with Gasteiger partial charge in [-0.1, -0.05) is 18.2 Å². The highest BCUT2D eigenvalue weighted by Gasteiger charge is 2.56. The van der Waals surface area contributed by atoms with Crippen LogP contribution in [-0.2, 0) is 12.7 Å². The second-order valence-electron chi connectivity index (χ2n) is 7.97. The van der Waals surface area contributed by atoms with Gasteiger partial charge >= 0.3 is 6.18 Å². The predicted octanol–water partition coefficient (Wildman–Crippen LogP) is 3.88. The molecule has 2 unspecified atom stereocenters. The van der Waals surface area contributed by atoms with Crippen LogP contribution in [0.5, 0.6) is 0 Å². The van der Waals surface area contributed by atoms with E-state index < -0.39 is 17.3 Å². The number of alkyl halides is 3. The molecule has 5 heteroatoms. The molecule has 4 bridgehead atoms. The average Bonchev–Trinajstić information content (AvgIpc) is 2.42. The zero-order chi connectivity index (χ0) is 16.3. The van der Waals surface area contributed by atoms with Crippen molar-refractivity contribution in [3.8, 4) is 0 Å². The summed E-state index contributed by atoms with van der Waals surface area (Å²) in [4.78, 5) is 0. The Morgan fingerprint density at radius 2 is 1.74 bits per heavy atom. The Bertz CT molecular complexity index is 599. The van der Waals surface area contributed by atoms with E-state index in [-0.39, 0.29) is 12.1 Å². The van der Waals surface area contributed by atoms with Crippen molar-refractivity contribution < 1.29 is 18.3 Å². The molecule has 0 spiro atoms. The second kappa shape index (κ2) is 4.96. The van der Waals surface area contributed by atoms with Gasteiger partial charge < -0.3 is 10.4 Å². The number of benzene rings is 1. The average molecular weight is 325 g/mol. The maximum absolute atomic E-state index is 13.1. The van der Waals surface area contributed by atoms with Crippen LogP contribution in [0.4, 0.5) is 13.2 Å². The normalized spacial score (nSPS) is 39.0. The molecule has 4 saturated carbocycles. The molecule has 2 atom stereocenters. The zero-order valence-electron chi connectivity index (χ0n) is 13.0. The van der Waals surface area contributed by atoms with E-state index in [0.29, 0.717) is 23.8 Å². The molecule has 2 nitrogen and oxygen atoms in total. The lowest BCUT2D eigenvalue weighted by Gasteiger charge is -2.60. The first kappa shape index (κ1) is 15.5. The summed E-state index contributed by atoms with van der Waals surface area (Å²) in [5.74, 6) is 1.04. The number of rotatable bonds is 3. The van der Waals surface area contributed by atoms with Gasteiger partial charge in [0.05, 0.1) is 11.2 Å². The maximum atomic E-state index is 13.1. The third kappa shape index (κ3) is 2.78. The van der Waals surface area contributed by atoms with Crippen molar-refractivity contribution in [1.82, 2.24) is 5.32 Å². The largest absolute Gasteiger partial charge is 0.416 e. The summed E-state index contributed by atoms with van der Waals surface area (Å²) in [7, 11) is 0. The summed E-state index contributed by atoms with van der Waals surface area (Å²) in [6.07, 6.45) is 1.24. The first-order valence-electron chi connectivity index (χ1n) is 8.40. The summed E-state index contributed by atoms with van der Waals surface area (Å²) in [6.45, 7) is 0.213. The van der Waals surface area contributed by atoms with Gasteiger partial charge in [-0.25, -0.2) is 0 Å². The number of halogens is 3. The van der Waals surface area contributed by atoms with Gasteiger partial charge in [-0.15, -0.1) is 0 Å². The molecular formula is C18H22F3NO. The molecule has 4 fully saturated rings. The Morgan fingerprint density at radius 3 is 2.35 bits per heavy atom. The van der Waals surface area contributed by atoms with Gasteiger partial charge in [-0.05, 0) is 62.0 Å². The smallest absolute Gasteiger partial charge is 0.390 e. The van der Waals surface area contributed by atoms with Gasteiger partial charge in [0.1, 0.15) is 0 Å². The third-order valence-corrected chi connectivity index (χ3v) is 6.01. The molecule has 0 saturated heterocycles. The molecule has 0 amide bonds. The van der Waals surface area contributed by atoms with E-state index in [0.717, 1.165) is 31.7 Å². The molecule has 0 heterocycles. The predicted molar refractivity (Wildman–Crippen MR) is 80.6 cm³/mol. The fourth-order valence-corrected chi connectivity index (χ4v) is 5.65. The van der Waals surface area contributed by atoms with Crippen molar-refractivity contribution in [2.24, 2.45) is 11.8 Å². The minimum Gasteiger partial charge on any atom is -0.390 e. The molecular weight excluding hydrogens is 303 g/mol. The Kier molecular flexibility index (Phi) is 3.34. The van der Waals surface area contributed by atoms with Gasteiger partial charge in [-0.3, -0.25) is 0 Å². The number of nitrogens with one attached hydrogen (secondary N) is 1. The van der Waals surface area contributed by atoms with E-state index in [9.17, 15) is 18.3 Å². The topological polar surface area (TPSA) is 32.3 Å². The Labute approximate surface area is 134 Å². The van der Waals surface area contributed by atoms with Crippen LogP contribution in [-0.4, -0.2) is 16.2 Å². The standard InChI is InChI=1S/C18H22F3NO/c19-18(20,21)15-4-2-1-3-14(15)10-22-16-6-12-5-13(7-16)9-17(23,8-12)11-16/h1-4,12-13,22-23H,5-11H2. The summed E-state index contributed by atoms with van der Waals surface area (Å²) in [5, 5.41) is 14.2. The van der Waals surface area contributed by atoms with Crippen molar-refractivity contribution >= 4 is 0 Å². The lowest BCUT2D eigenvalue weighted by molar-refractivity contribution is -0.144. The molecule has 5 rings (SSSR count). The molecule has 1 aromatic rings. The third-order valence-electron chi connectivity index (χ3n) is 6.01. The maximum Gasteiger partial charge on any atom is 0.416 e. The van der Waals surface area contributed by atoms with E-state index in [1.54, 1.807) is 12.1 Å². The van der Waals surface area contributed by atoms with Gasteiger partial charge in [-0.2, -0.15) is 13.2 Å². The highest BCUT2D eigenvalue weighted by molar-refractivity contribution is 5.30. The second-order valence-corrected chi connectivity index (χ2v) is 7.97. The van der Waals surface area contributed by atoms with Crippen LogP contribution in [0.25, 0.3) is 0 Å². The highest BCUT2D eigenvalue weighted by Crippen LogP contribution is 2.57. The summed E-state index contributed by atoms with van der Waals surface area (Å²) >= 11 is 0. The fraction of sp³-hybridized carbons (Fsp3) is 0.667. The van der Waals surface area contributed by atoms with E-state index in [2.05, 4.69) is 5.32 Å². The summed E-state index contributed by atoms with van der Waals surface area (Å²) in [6, 6.07) is 5.77. The van der Waals surface area contributed by atoms with Crippen LogP contribution < -0.4 is 5.32 Å².